The van der Waals surface area contributed by atoms with E-state index < -0.39 is 0 Å². The van der Waals surface area contributed by atoms with Crippen molar-refractivity contribution in [2.45, 2.75) is 64.2 Å². The maximum absolute atomic E-state index is 11.3. The maximum atomic E-state index is 11.3. The Morgan fingerprint density at radius 1 is 0.586 bits per heavy atom. The number of rotatable bonds is 10. The van der Waals surface area contributed by atoms with E-state index in [9.17, 15) is 5.11 Å². The summed E-state index contributed by atoms with van der Waals surface area (Å²) in [5, 5.41) is 11.3. The summed E-state index contributed by atoms with van der Waals surface area (Å²) in [5.74, 6) is 1.22. The van der Waals surface area contributed by atoms with Crippen molar-refractivity contribution in [3.8, 4) is 5.75 Å². The third kappa shape index (κ3) is 5.73. The lowest BCUT2D eigenvalue weighted by molar-refractivity contribution is 0.438. The largest absolute Gasteiger partial charge is 0.507 e. The second-order valence-corrected chi connectivity index (χ2v) is 8.14. The summed E-state index contributed by atoms with van der Waals surface area (Å²) in [6, 6.07) is 27.7. The number of phenols is 1. The Kier molecular flexibility index (Phi) is 7.93. The Hall–Kier alpha value is -2.54. The van der Waals surface area contributed by atoms with Crippen LogP contribution in [0, 0.1) is 0 Å². The summed E-state index contributed by atoms with van der Waals surface area (Å²) in [6.07, 6.45) is 6.35. The Labute approximate surface area is 176 Å². The summed E-state index contributed by atoms with van der Waals surface area (Å²) in [5.41, 5.74) is 4.90. The van der Waals surface area contributed by atoms with Crippen LogP contribution in [0.25, 0.3) is 0 Å². The number of para-hydroxylation sites is 1. The van der Waals surface area contributed by atoms with Crippen molar-refractivity contribution in [1.82, 2.24) is 0 Å². The third-order valence-electron chi connectivity index (χ3n) is 5.90. The normalized spacial score (nSPS) is 13.2. The first-order chi connectivity index (χ1) is 14.2. The van der Waals surface area contributed by atoms with Crippen LogP contribution in [0.3, 0.4) is 0 Å². The van der Waals surface area contributed by atoms with Gasteiger partial charge >= 0.3 is 0 Å². The molecular formula is C28H34O. The highest BCUT2D eigenvalue weighted by atomic mass is 16.3. The van der Waals surface area contributed by atoms with Gasteiger partial charge in [0.1, 0.15) is 5.75 Å². The minimum atomic E-state index is 0.348. The molecule has 1 heteroatoms. The summed E-state index contributed by atoms with van der Waals surface area (Å²) < 4.78 is 0. The van der Waals surface area contributed by atoms with Gasteiger partial charge in [-0.25, -0.2) is 0 Å². The molecular weight excluding hydrogens is 352 g/mol. The monoisotopic (exact) mass is 386 g/mol. The summed E-state index contributed by atoms with van der Waals surface area (Å²) in [4.78, 5) is 0. The van der Waals surface area contributed by atoms with Gasteiger partial charge in [-0.1, -0.05) is 106 Å². The predicted molar refractivity (Wildman–Crippen MR) is 124 cm³/mol. The molecule has 1 nitrogen and oxygen atoms in total. The van der Waals surface area contributed by atoms with E-state index in [0.717, 1.165) is 49.7 Å². The van der Waals surface area contributed by atoms with Gasteiger partial charge in [-0.2, -0.15) is 0 Å². The van der Waals surface area contributed by atoms with Crippen molar-refractivity contribution in [3.05, 3.63) is 101 Å². The third-order valence-corrected chi connectivity index (χ3v) is 5.90. The van der Waals surface area contributed by atoms with Gasteiger partial charge in [-0.05, 0) is 59.8 Å². The molecule has 0 aliphatic heterocycles. The van der Waals surface area contributed by atoms with E-state index in [-0.39, 0.29) is 0 Å². The van der Waals surface area contributed by atoms with E-state index in [1.165, 1.54) is 11.1 Å². The van der Waals surface area contributed by atoms with Gasteiger partial charge in [0.05, 0.1) is 0 Å². The number of phenolic OH excluding ortho intramolecular Hbond substituents is 1. The smallest absolute Gasteiger partial charge is 0.122 e. The van der Waals surface area contributed by atoms with E-state index >= 15 is 0 Å². The van der Waals surface area contributed by atoms with Gasteiger partial charge in [0.2, 0.25) is 0 Å². The summed E-state index contributed by atoms with van der Waals surface area (Å²) >= 11 is 0. The van der Waals surface area contributed by atoms with Gasteiger partial charge in [0.15, 0.2) is 0 Å². The van der Waals surface area contributed by atoms with Gasteiger partial charge in [0, 0.05) is 0 Å². The Morgan fingerprint density at radius 2 is 1.00 bits per heavy atom. The molecule has 2 atom stereocenters. The van der Waals surface area contributed by atoms with Crippen molar-refractivity contribution in [3.63, 3.8) is 0 Å². The van der Waals surface area contributed by atoms with Crippen LogP contribution in [0.2, 0.25) is 0 Å². The zero-order valence-electron chi connectivity index (χ0n) is 17.9. The van der Waals surface area contributed by atoms with Crippen molar-refractivity contribution >= 4 is 0 Å². The zero-order valence-corrected chi connectivity index (χ0v) is 17.9. The van der Waals surface area contributed by atoms with Crippen LogP contribution in [-0.4, -0.2) is 5.11 Å². The molecule has 0 aromatic heterocycles. The van der Waals surface area contributed by atoms with Crippen molar-refractivity contribution in [1.29, 1.82) is 0 Å². The Morgan fingerprint density at radius 3 is 1.38 bits per heavy atom. The standard InChI is InChI=1S/C28H34O/c1-3-12-24(20-22-14-7-5-8-15-22)26-18-11-19-27(28(26)29)25(13-4-2)21-23-16-9-6-10-17-23/h5-11,14-19,24-25,29H,3-4,12-13,20-21H2,1-2H3. The highest BCUT2D eigenvalue weighted by Gasteiger charge is 2.21. The molecule has 0 heterocycles. The molecule has 0 aliphatic rings. The minimum Gasteiger partial charge on any atom is -0.507 e. The lowest BCUT2D eigenvalue weighted by atomic mass is 9.82. The molecule has 29 heavy (non-hydrogen) atoms. The quantitative estimate of drug-likeness (QED) is 0.379. The molecule has 0 aliphatic carbocycles. The fraction of sp³-hybridized carbons (Fsp3) is 0.357. The number of benzene rings is 3. The van der Waals surface area contributed by atoms with Gasteiger partial charge in [-0.15, -0.1) is 0 Å². The zero-order chi connectivity index (χ0) is 20.5. The number of aromatic hydroxyl groups is 1. The molecule has 0 saturated heterocycles. The number of hydrogen-bond acceptors (Lipinski definition) is 1. The van der Waals surface area contributed by atoms with Gasteiger partial charge in [-0.3, -0.25) is 0 Å². The Balaban J connectivity index is 1.90. The van der Waals surface area contributed by atoms with Crippen LogP contribution in [0.15, 0.2) is 78.9 Å². The minimum absolute atomic E-state index is 0.348. The molecule has 0 spiro atoms. The highest BCUT2D eigenvalue weighted by Crippen LogP contribution is 2.39. The second-order valence-electron chi connectivity index (χ2n) is 8.14. The average Bonchev–Trinajstić information content (AvgIpc) is 2.75. The van der Waals surface area contributed by atoms with Crippen LogP contribution in [-0.2, 0) is 12.8 Å². The highest BCUT2D eigenvalue weighted by molar-refractivity contribution is 5.45. The first kappa shape index (κ1) is 21.2. The van der Waals surface area contributed by atoms with Crippen LogP contribution >= 0.6 is 0 Å². The molecule has 152 valence electrons. The fourth-order valence-electron chi connectivity index (χ4n) is 4.47. The van der Waals surface area contributed by atoms with Crippen LogP contribution in [0.4, 0.5) is 0 Å². The maximum Gasteiger partial charge on any atom is 0.122 e. The topological polar surface area (TPSA) is 20.2 Å². The van der Waals surface area contributed by atoms with E-state index in [0.29, 0.717) is 17.6 Å². The Bertz CT molecular complexity index is 784. The molecule has 1 N–H and O–H groups in total. The SMILES string of the molecule is CCCC(Cc1ccccc1)c1cccc(C(CCC)Cc2ccccc2)c1O. The van der Waals surface area contributed by atoms with Crippen molar-refractivity contribution in [2.24, 2.45) is 0 Å². The first-order valence-electron chi connectivity index (χ1n) is 11.1. The van der Waals surface area contributed by atoms with Gasteiger partial charge in [0.25, 0.3) is 0 Å². The lowest BCUT2D eigenvalue weighted by Crippen LogP contribution is -2.08. The summed E-state index contributed by atoms with van der Waals surface area (Å²) in [6.45, 7) is 4.46. The predicted octanol–water partition coefficient (Wildman–Crippen LogP) is 7.65. The molecule has 3 aromatic carbocycles. The number of hydrogen-bond donors (Lipinski definition) is 1. The molecule has 0 radical (unpaired) electrons. The lowest BCUT2D eigenvalue weighted by Gasteiger charge is -2.23. The van der Waals surface area contributed by atoms with E-state index in [2.05, 4.69) is 92.7 Å². The van der Waals surface area contributed by atoms with Crippen LogP contribution in [0.5, 0.6) is 5.75 Å². The second kappa shape index (κ2) is 10.9. The van der Waals surface area contributed by atoms with E-state index in [4.69, 9.17) is 0 Å². The first-order valence-corrected chi connectivity index (χ1v) is 11.1. The average molecular weight is 387 g/mol. The van der Waals surface area contributed by atoms with Gasteiger partial charge < -0.3 is 5.11 Å². The molecule has 3 rings (SSSR count). The molecule has 0 fully saturated rings. The van der Waals surface area contributed by atoms with E-state index in [1.807, 2.05) is 0 Å². The van der Waals surface area contributed by atoms with Crippen LogP contribution in [0.1, 0.15) is 73.6 Å². The molecule has 0 bridgehead atoms. The van der Waals surface area contributed by atoms with Crippen molar-refractivity contribution < 1.29 is 5.11 Å². The van der Waals surface area contributed by atoms with Crippen LogP contribution < -0.4 is 0 Å². The fourth-order valence-corrected chi connectivity index (χ4v) is 4.47. The van der Waals surface area contributed by atoms with E-state index in [1.54, 1.807) is 0 Å². The molecule has 2 unspecified atom stereocenters. The summed E-state index contributed by atoms with van der Waals surface area (Å²) in [7, 11) is 0. The molecule has 0 saturated carbocycles. The van der Waals surface area contributed by atoms with Crippen molar-refractivity contribution in [2.75, 3.05) is 0 Å². The molecule has 3 aromatic rings. The molecule has 0 amide bonds.